The zero-order valence-corrected chi connectivity index (χ0v) is 13.7. The largest absolute Gasteiger partial charge is 0.481 e. The van der Waals surface area contributed by atoms with Gasteiger partial charge in [-0.2, -0.15) is 0 Å². The van der Waals surface area contributed by atoms with E-state index < -0.39 is 11.9 Å². The van der Waals surface area contributed by atoms with Crippen molar-refractivity contribution in [3.63, 3.8) is 0 Å². The monoisotopic (exact) mass is 337 g/mol. The predicted octanol–water partition coefficient (Wildman–Crippen LogP) is 4.47. The molecule has 0 fully saturated rings. The van der Waals surface area contributed by atoms with E-state index in [1.54, 1.807) is 13.0 Å². The maximum atomic E-state index is 10.9. The molecule has 0 aromatic heterocycles. The smallest absolute Gasteiger partial charge is 0.310 e. The normalized spacial score (nSPS) is 12.1. The van der Waals surface area contributed by atoms with Crippen LogP contribution >= 0.6 is 23.2 Å². The first-order valence-corrected chi connectivity index (χ1v) is 7.69. The Morgan fingerprint density at radius 1 is 1.05 bits per heavy atom. The number of rotatable bonds is 6. The summed E-state index contributed by atoms with van der Waals surface area (Å²) in [6, 6.07) is 13.1. The van der Waals surface area contributed by atoms with Crippen molar-refractivity contribution >= 4 is 29.2 Å². The minimum atomic E-state index is -0.814. The van der Waals surface area contributed by atoms with Gasteiger partial charge in [-0.1, -0.05) is 53.5 Å². The lowest BCUT2D eigenvalue weighted by Gasteiger charge is -2.09. The van der Waals surface area contributed by atoms with Gasteiger partial charge >= 0.3 is 5.97 Å². The van der Waals surface area contributed by atoms with Crippen molar-refractivity contribution in [3.05, 3.63) is 69.2 Å². The molecule has 0 aliphatic heterocycles. The van der Waals surface area contributed by atoms with E-state index in [0.717, 1.165) is 16.7 Å². The van der Waals surface area contributed by atoms with Crippen molar-refractivity contribution in [1.82, 2.24) is 5.32 Å². The molecule has 0 saturated carbocycles. The molecule has 1 atom stereocenters. The molecule has 1 unspecified atom stereocenters. The van der Waals surface area contributed by atoms with Crippen LogP contribution in [-0.2, 0) is 17.9 Å². The molecule has 3 nitrogen and oxygen atoms in total. The maximum Gasteiger partial charge on any atom is 0.310 e. The molecule has 0 spiro atoms. The second kappa shape index (κ2) is 7.63. The highest BCUT2D eigenvalue weighted by Gasteiger charge is 2.12. The SMILES string of the molecule is CC(C(=O)O)c1ccc(CNCc2ccc(Cl)c(Cl)c2)cc1. The molecule has 0 bridgehead atoms. The molecular weight excluding hydrogens is 321 g/mol. The molecule has 0 amide bonds. The van der Waals surface area contributed by atoms with Gasteiger partial charge in [0.2, 0.25) is 0 Å². The first kappa shape index (κ1) is 16.8. The van der Waals surface area contributed by atoms with E-state index >= 15 is 0 Å². The standard InChI is InChI=1S/C17H17Cl2NO2/c1-11(17(21)22)14-5-2-12(3-6-14)9-20-10-13-4-7-15(18)16(19)8-13/h2-8,11,20H,9-10H2,1H3,(H,21,22). The van der Waals surface area contributed by atoms with Gasteiger partial charge in [-0.25, -0.2) is 0 Å². The Balaban J connectivity index is 1.89. The minimum absolute atomic E-state index is 0.488. The van der Waals surface area contributed by atoms with E-state index in [4.69, 9.17) is 28.3 Å². The first-order valence-electron chi connectivity index (χ1n) is 6.93. The van der Waals surface area contributed by atoms with E-state index in [9.17, 15) is 4.79 Å². The summed E-state index contributed by atoms with van der Waals surface area (Å²) in [6.45, 7) is 3.06. The van der Waals surface area contributed by atoms with Crippen molar-refractivity contribution in [1.29, 1.82) is 0 Å². The summed E-state index contributed by atoms with van der Waals surface area (Å²) >= 11 is 11.9. The quantitative estimate of drug-likeness (QED) is 0.817. The van der Waals surface area contributed by atoms with Gasteiger partial charge < -0.3 is 10.4 Å². The number of benzene rings is 2. The lowest BCUT2D eigenvalue weighted by atomic mass is 10.00. The summed E-state index contributed by atoms with van der Waals surface area (Å²) < 4.78 is 0. The first-order chi connectivity index (χ1) is 10.5. The van der Waals surface area contributed by atoms with Gasteiger partial charge in [-0.3, -0.25) is 4.79 Å². The van der Waals surface area contributed by atoms with E-state index in [-0.39, 0.29) is 0 Å². The van der Waals surface area contributed by atoms with Crippen LogP contribution in [0.3, 0.4) is 0 Å². The number of hydrogen-bond acceptors (Lipinski definition) is 2. The topological polar surface area (TPSA) is 49.3 Å². The minimum Gasteiger partial charge on any atom is -0.481 e. The molecule has 22 heavy (non-hydrogen) atoms. The fourth-order valence-electron chi connectivity index (χ4n) is 2.07. The molecule has 0 aliphatic carbocycles. The van der Waals surface area contributed by atoms with Crippen LogP contribution in [0.4, 0.5) is 0 Å². The van der Waals surface area contributed by atoms with Crippen molar-refractivity contribution in [3.8, 4) is 0 Å². The van der Waals surface area contributed by atoms with E-state index in [2.05, 4.69) is 5.32 Å². The average Bonchev–Trinajstić information content (AvgIpc) is 2.51. The fourth-order valence-corrected chi connectivity index (χ4v) is 2.39. The van der Waals surface area contributed by atoms with Gasteiger partial charge in [0.1, 0.15) is 0 Å². The van der Waals surface area contributed by atoms with Crippen LogP contribution < -0.4 is 5.32 Å². The second-order valence-electron chi connectivity index (χ2n) is 5.15. The summed E-state index contributed by atoms with van der Waals surface area (Å²) in [5, 5.41) is 13.4. The summed E-state index contributed by atoms with van der Waals surface area (Å²) in [5.74, 6) is -1.30. The highest BCUT2D eigenvalue weighted by molar-refractivity contribution is 6.42. The van der Waals surface area contributed by atoms with Crippen LogP contribution in [0, 0.1) is 0 Å². The second-order valence-corrected chi connectivity index (χ2v) is 5.97. The molecule has 2 aromatic carbocycles. The molecule has 2 rings (SSSR count). The Hall–Kier alpha value is -1.55. The third kappa shape index (κ3) is 4.47. The molecule has 116 valence electrons. The van der Waals surface area contributed by atoms with Crippen molar-refractivity contribution in [2.24, 2.45) is 0 Å². The summed E-state index contributed by atoms with van der Waals surface area (Å²) in [4.78, 5) is 10.9. The zero-order valence-electron chi connectivity index (χ0n) is 12.1. The number of carboxylic acid groups (broad SMARTS) is 1. The summed E-state index contributed by atoms with van der Waals surface area (Å²) in [7, 11) is 0. The molecule has 5 heteroatoms. The maximum absolute atomic E-state index is 10.9. The number of aliphatic carboxylic acids is 1. The van der Waals surface area contributed by atoms with Gasteiger partial charge in [0.15, 0.2) is 0 Å². The lowest BCUT2D eigenvalue weighted by molar-refractivity contribution is -0.138. The molecule has 0 aliphatic rings. The average molecular weight is 338 g/mol. The van der Waals surface area contributed by atoms with Gasteiger partial charge in [0.25, 0.3) is 0 Å². The van der Waals surface area contributed by atoms with Crippen LogP contribution in [0.25, 0.3) is 0 Å². The third-order valence-corrected chi connectivity index (χ3v) is 4.23. The number of hydrogen-bond donors (Lipinski definition) is 2. The van der Waals surface area contributed by atoms with Crippen molar-refractivity contribution < 1.29 is 9.90 Å². The van der Waals surface area contributed by atoms with Crippen molar-refractivity contribution in [2.45, 2.75) is 25.9 Å². The third-order valence-electron chi connectivity index (χ3n) is 3.49. The predicted molar refractivity (Wildman–Crippen MR) is 89.5 cm³/mol. The Morgan fingerprint density at radius 3 is 2.23 bits per heavy atom. The van der Waals surface area contributed by atoms with Crippen molar-refractivity contribution in [2.75, 3.05) is 0 Å². The van der Waals surface area contributed by atoms with Gasteiger partial charge in [-0.15, -0.1) is 0 Å². The Labute approximate surface area is 139 Å². The van der Waals surface area contributed by atoms with Gasteiger partial charge in [-0.05, 0) is 35.7 Å². The van der Waals surface area contributed by atoms with Crippen LogP contribution in [-0.4, -0.2) is 11.1 Å². The summed E-state index contributed by atoms with van der Waals surface area (Å²) in [5.41, 5.74) is 2.97. The number of nitrogens with one attached hydrogen (secondary N) is 1. The molecule has 0 heterocycles. The van der Waals surface area contributed by atoms with Crippen LogP contribution in [0.15, 0.2) is 42.5 Å². The summed E-state index contributed by atoms with van der Waals surface area (Å²) in [6.07, 6.45) is 0. The molecule has 2 N–H and O–H groups in total. The van der Waals surface area contributed by atoms with Crippen LogP contribution in [0.5, 0.6) is 0 Å². The molecular formula is C17H17Cl2NO2. The highest BCUT2D eigenvalue weighted by atomic mass is 35.5. The van der Waals surface area contributed by atoms with Crippen LogP contribution in [0.1, 0.15) is 29.5 Å². The molecule has 2 aromatic rings. The van der Waals surface area contributed by atoms with E-state index in [1.807, 2.05) is 36.4 Å². The number of halogens is 2. The number of carbonyl (C=O) groups is 1. The van der Waals surface area contributed by atoms with Gasteiger partial charge in [0, 0.05) is 13.1 Å². The van der Waals surface area contributed by atoms with E-state index in [1.165, 1.54) is 0 Å². The Bertz CT molecular complexity index is 656. The Kier molecular flexibility index (Phi) is 5.83. The van der Waals surface area contributed by atoms with E-state index in [0.29, 0.717) is 23.1 Å². The highest BCUT2D eigenvalue weighted by Crippen LogP contribution is 2.22. The molecule has 0 radical (unpaired) electrons. The molecule has 0 saturated heterocycles. The lowest BCUT2D eigenvalue weighted by Crippen LogP contribution is -2.13. The number of carboxylic acids is 1. The van der Waals surface area contributed by atoms with Gasteiger partial charge in [0.05, 0.1) is 16.0 Å². The van der Waals surface area contributed by atoms with Crippen LogP contribution in [0.2, 0.25) is 10.0 Å². The Morgan fingerprint density at radius 2 is 1.64 bits per heavy atom. The zero-order chi connectivity index (χ0) is 16.1. The fraction of sp³-hybridized carbons (Fsp3) is 0.235.